The molecular weight excluding hydrogens is 248 g/mol. The zero-order valence-corrected chi connectivity index (χ0v) is 14.2. The van der Waals surface area contributed by atoms with Crippen molar-refractivity contribution >= 4 is 0 Å². The number of hydrogen-bond acceptors (Lipinski definition) is 2. The van der Waals surface area contributed by atoms with Crippen LogP contribution in [0, 0.1) is 11.3 Å². The minimum Gasteiger partial charge on any atom is -0.366 e. The van der Waals surface area contributed by atoms with Crippen LogP contribution < -0.4 is 0 Å². The number of ether oxygens (including phenoxy) is 1. The first-order valence-electron chi connectivity index (χ1n) is 8.90. The van der Waals surface area contributed by atoms with Crippen molar-refractivity contribution in [2.45, 2.75) is 104 Å². The van der Waals surface area contributed by atoms with E-state index in [1.165, 1.54) is 57.8 Å². The lowest BCUT2D eigenvalue weighted by Gasteiger charge is -2.31. The highest BCUT2D eigenvalue weighted by atomic mass is 16.7. The smallest absolute Gasteiger partial charge is 0.182 e. The molecule has 0 aliphatic carbocycles. The minimum absolute atomic E-state index is 0.0901. The predicted molar refractivity (Wildman–Crippen MR) is 85.7 cm³/mol. The summed E-state index contributed by atoms with van der Waals surface area (Å²) in [5.74, 6) is 0.814. The van der Waals surface area contributed by atoms with Crippen molar-refractivity contribution in [3.63, 3.8) is 0 Å². The lowest BCUT2D eigenvalue weighted by Crippen LogP contribution is -2.28. The molecule has 1 aliphatic heterocycles. The highest BCUT2D eigenvalue weighted by molar-refractivity contribution is 4.93. The molecule has 2 heteroatoms. The van der Waals surface area contributed by atoms with Gasteiger partial charge >= 0.3 is 0 Å². The molecule has 0 spiro atoms. The Kier molecular flexibility index (Phi) is 8.13. The summed E-state index contributed by atoms with van der Waals surface area (Å²) in [6.07, 6.45) is 12.7. The molecule has 1 heterocycles. The molecule has 0 amide bonds. The third-order valence-electron chi connectivity index (χ3n) is 5.15. The van der Waals surface area contributed by atoms with Crippen LogP contribution in [0.3, 0.4) is 0 Å². The van der Waals surface area contributed by atoms with E-state index in [1.807, 2.05) is 0 Å². The summed E-state index contributed by atoms with van der Waals surface area (Å²) in [6, 6.07) is 0. The highest BCUT2D eigenvalue weighted by Crippen LogP contribution is 2.45. The van der Waals surface area contributed by atoms with Crippen LogP contribution in [0.25, 0.3) is 0 Å². The fraction of sp³-hybridized carbons (Fsp3) is 1.00. The Balaban J connectivity index is 2.47. The molecule has 1 saturated heterocycles. The van der Waals surface area contributed by atoms with Crippen molar-refractivity contribution in [1.29, 1.82) is 0 Å². The second-order valence-electron chi connectivity index (χ2n) is 7.02. The Morgan fingerprint density at radius 1 is 1.00 bits per heavy atom. The van der Waals surface area contributed by atoms with E-state index in [9.17, 15) is 5.11 Å². The normalized spacial score (nSPS) is 24.9. The van der Waals surface area contributed by atoms with Crippen molar-refractivity contribution in [3.8, 4) is 0 Å². The second-order valence-corrected chi connectivity index (χ2v) is 7.02. The van der Waals surface area contributed by atoms with Gasteiger partial charge in [0.2, 0.25) is 0 Å². The molecule has 0 aromatic carbocycles. The second kappa shape index (κ2) is 9.04. The summed E-state index contributed by atoms with van der Waals surface area (Å²) in [5.41, 5.74) is 0.169. The van der Waals surface area contributed by atoms with Crippen LogP contribution in [-0.2, 0) is 4.74 Å². The van der Waals surface area contributed by atoms with Crippen LogP contribution in [-0.4, -0.2) is 17.5 Å². The molecule has 1 fully saturated rings. The van der Waals surface area contributed by atoms with E-state index in [0.29, 0.717) is 0 Å². The number of epoxide rings is 1. The first-order chi connectivity index (χ1) is 9.57. The largest absolute Gasteiger partial charge is 0.366 e. The molecule has 1 N–H and O–H groups in total. The van der Waals surface area contributed by atoms with Gasteiger partial charge in [0.15, 0.2) is 6.29 Å². The Morgan fingerprint density at radius 2 is 1.50 bits per heavy atom. The molecule has 0 saturated carbocycles. The van der Waals surface area contributed by atoms with Crippen LogP contribution in [0.5, 0.6) is 0 Å². The van der Waals surface area contributed by atoms with E-state index in [0.717, 1.165) is 12.3 Å². The van der Waals surface area contributed by atoms with E-state index >= 15 is 0 Å². The van der Waals surface area contributed by atoms with Gasteiger partial charge in [0, 0.05) is 0 Å². The fourth-order valence-electron chi connectivity index (χ4n) is 3.45. The van der Waals surface area contributed by atoms with Gasteiger partial charge in [-0.3, -0.25) is 0 Å². The Bertz CT molecular complexity index is 244. The molecule has 0 aromatic heterocycles. The lowest BCUT2D eigenvalue weighted by molar-refractivity contribution is 0.145. The maximum atomic E-state index is 9.61. The first kappa shape index (κ1) is 18.0. The summed E-state index contributed by atoms with van der Waals surface area (Å²) >= 11 is 0. The van der Waals surface area contributed by atoms with Gasteiger partial charge in [-0.2, -0.15) is 0 Å². The quantitative estimate of drug-likeness (QED) is 0.390. The van der Waals surface area contributed by atoms with Crippen molar-refractivity contribution in [3.05, 3.63) is 0 Å². The van der Waals surface area contributed by atoms with Crippen LogP contribution >= 0.6 is 0 Å². The van der Waals surface area contributed by atoms with Gasteiger partial charge in [0.1, 0.15) is 6.10 Å². The van der Waals surface area contributed by atoms with Gasteiger partial charge in [-0.15, -0.1) is 0 Å². The average Bonchev–Trinajstić information content (AvgIpc) is 3.17. The molecule has 20 heavy (non-hydrogen) atoms. The monoisotopic (exact) mass is 284 g/mol. The Hall–Kier alpha value is -0.0800. The summed E-state index contributed by atoms with van der Waals surface area (Å²) < 4.78 is 5.38. The standard InChI is InChI=1S/C18H36O2/c1-5-8-10-12-15(13-11-9-6-2)14-18(4,7-3)16-17(19)20-16/h15-17,19H,5-14H2,1-4H3. The summed E-state index contributed by atoms with van der Waals surface area (Å²) in [7, 11) is 0. The van der Waals surface area contributed by atoms with E-state index < -0.39 is 6.29 Å². The maximum Gasteiger partial charge on any atom is 0.182 e. The van der Waals surface area contributed by atoms with Crippen molar-refractivity contribution < 1.29 is 9.84 Å². The molecule has 0 bridgehead atoms. The molecule has 1 aliphatic rings. The van der Waals surface area contributed by atoms with Crippen LogP contribution in [0.15, 0.2) is 0 Å². The number of rotatable bonds is 12. The van der Waals surface area contributed by atoms with Crippen molar-refractivity contribution in [2.75, 3.05) is 0 Å². The van der Waals surface area contributed by atoms with Crippen molar-refractivity contribution in [1.82, 2.24) is 0 Å². The maximum absolute atomic E-state index is 9.61. The first-order valence-corrected chi connectivity index (χ1v) is 8.90. The number of hydrogen-bond donors (Lipinski definition) is 1. The SMILES string of the molecule is CCCCCC(CCCCC)CC(C)(CC)C1OC1O. The molecule has 3 unspecified atom stereocenters. The average molecular weight is 284 g/mol. The van der Waals surface area contributed by atoms with Gasteiger partial charge in [-0.1, -0.05) is 79.1 Å². The molecular formula is C18H36O2. The van der Waals surface area contributed by atoms with Crippen LogP contribution in [0.4, 0.5) is 0 Å². The van der Waals surface area contributed by atoms with Gasteiger partial charge in [-0.25, -0.2) is 0 Å². The third kappa shape index (κ3) is 5.73. The fourth-order valence-corrected chi connectivity index (χ4v) is 3.45. The van der Waals surface area contributed by atoms with Gasteiger partial charge in [0.25, 0.3) is 0 Å². The van der Waals surface area contributed by atoms with E-state index in [1.54, 1.807) is 0 Å². The molecule has 0 radical (unpaired) electrons. The van der Waals surface area contributed by atoms with Crippen LogP contribution in [0.1, 0.15) is 91.9 Å². The zero-order valence-electron chi connectivity index (χ0n) is 14.2. The Labute approximate surface area is 126 Å². The van der Waals surface area contributed by atoms with Crippen molar-refractivity contribution in [2.24, 2.45) is 11.3 Å². The number of aliphatic hydroxyl groups is 1. The number of unbranched alkanes of at least 4 members (excludes halogenated alkanes) is 4. The molecule has 1 rings (SSSR count). The van der Waals surface area contributed by atoms with E-state index in [4.69, 9.17) is 4.74 Å². The molecule has 0 aromatic rings. The van der Waals surface area contributed by atoms with E-state index in [-0.39, 0.29) is 11.5 Å². The molecule has 3 atom stereocenters. The van der Waals surface area contributed by atoms with Crippen LogP contribution in [0.2, 0.25) is 0 Å². The Morgan fingerprint density at radius 3 is 1.85 bits per heavy atom. The minimum atomic E-state index is -0.494. The molecule has 2 nitrogen and oxygen atoms in total. The summed E-state index contributed by atoms with van der Waals surface area (Å²) in [4.78, 5) is 0. The number of aliphatic hydroxyl groups excluding tert-OH is 1. The van der Waals surface area contributed by atoms with Gasteiger partial charge < -0.3 is 9.84 Å². The topological polar surface area (TPSA) is 32.8 Å². The predicted octanol–water partition coefficient (Wildman–Crippen LogP) is 5.29. The summed E-state index contributed by atoms with van der Waals surface area (Å²) in [6.45, 7) is 9.09. The molecule has 120 valence electrons. The highest BCUT2D eigenvalue weighted by Gasteiger charge is 2.50. The van der Waals surface area contributed by atoms with E-state index in [2.05, 4.69) is 27.7 Å². The van der Waals surface area contributed by atoms with Gasteiger partial charge in [0.05, 0.1) is 0 Å². The third-order valence-corrected chi connectivity index (χ3v) is 5.15. The zero-order chi connectivity index (χ0) is 15.0. The van der Waals surface area contributed by atoms with Gasteiger partial charge in [-0.05, 0) is 24.2 Å². The summed E-state index contributed by atoms with van der Waals surface area (Å²) in [5, 5.41) is 9.61. The lowest BCUT2D eigenvalue weighted by atomic mass is 9.73.